The lowest BCUT2D eigenvalue weighted by Crippen LogP contribution is -2.56. The third kappa shape index (κ3) is 2.66. The van der Waals surface area contributed by atoms with Crippen LogP contribution in [-0.2, 0) is 16.1 Å². The molecule has 1 aromatic carbocycles. The van der Waals surface area contributed by atoms with Crippen LogP contribution in [0.1, 0.15) is 18.4 Å². The van der Waals surface area contributed by atoms with E-state index >= 15 is 0 Å². The molecule has 1 heterocycles. The Hall–Kier alpha value is -1.53. The smallest absolute Gasteiger partial charge is 0.240 e. The van der Waals surface area contributed by atoms with Crippen LogP contribution in [0.2, 0.25) is 0 Å². The molecule has 0 bridgehead atoms. The lowest BCUT2D eigenvalue weighted by atomic mass is 9.95. The molecule has 2 rings (SSSR count). The molecule has 0 radical (unpaired) electrons. The molecule has 0 aromatic heterocycles. The first-order valence-corrected chi connectivity index (χ1v) is 6.47. The van der Waals surface area contributed by atoms with E-state index in [4.69, 9.17) is 10.5 Å². The Bertz CT molecular complexity index is 510. The Balaban J connectivity index is 2.26. The third-order valence-corrected chi connectivity index (χ3v) is 3.83. The van der Waals surface area contributed by atoms with E-state index in [0.29, 0.717) is 13.0 Å². The average molecular weight is 284 g/mol. The molecule has 1 aliphatic heterocycles. The van der Waals surface area contributed by atoms with Gasteiger partial charge in [-0.2, -0.15) is 0 Å². The summed E-state index contributed by atoms with van der Waals surface area (Å²) >= 11 is 0. The number of benzene rings is 1. The van der Waals surface area contributed by atoms with Crippen molar-refractivity contribution < 1.29 is 18.3 Å². The minimum Gasteiger partial charge on any atom is -0.382 e. The van der Waals surface area contributed by atoms with Gasteiger partial charge in [-0.15, -0.1) is 0 Å². The van der Waals surface area contributed by atoms with Crippen molar-refractivity contribution >= 4 is 5.91 Å². The van der Waals surface area contributed by atoms with Gasteiger partial charge in [-0.3, -0.25) is 9.69 Å². The molecule has 0 spiro atoms. The van der Waals surface area contributed by atoms with Gasteiger partial charge in [0.2, 0.25) is 5.91 Å². The average Bonchev–Trinajstić information content (AvgIpc) is 2.79. The second kappa shape index (κ2) is 5.85. The van der Waals surface area contributed by atoms with Crippen molar-refractivity contribution in [1.82, 2.24) is 4.90 Å². The molecule has 1 saturated heterocycles. The summed E-state index contributed by atoms with van der Waals surface area (Å²) in [7, 11) is 1.49. The monoisotopic (exact) mass is 284 g/mol. The first kappa shape index (κ1) is 14.9. The number of hydrogen-bond donors (Lipinski definition) is 1. The molecule has 0 aliphatic carbocycles. The van der Waals surface area contributed by atoms with Crippen molar-refractivity contribution in [3.05, 3.63) is 35.4 Å². The highest BCUT2D eigenvalue weighted by molar-refractivity contribution is 5.85. The lowest BCUT2D eigenvalue weighted by molar-refractivity contribution is -0.132. The Morgan fingerprint density at radius 3 is 2.90 bits per heavy atom. The summed E-state index contributed by atoms with van der Waals surface area (Å²) in [6.45, 7) is 0.886. The number of likely N-dealkylation sites (tertiary alicyclic amines) is 1. The van der Waals surface area contributed by atoms with Crippen molar-refractivity contribution in [3.8, 4) is 0 Å². The van der Waals surface area contributed by atoms with Crippen LogP contribution in [0.5, 0.6) is 0 Å². The number of halogens is 2. The van der Waals surface area contributed by atoms with E-state index < -0.39 is 23.1 Å². The van der Waals surface area contributed by atoms with E-state index in [1.54, 1.807) is 4.90 Å². The van der Waals surface area contributed by atoms with Gasteiger partial charge in [0.05, 0.1) is 6.61 Å². The summed E-state index contributed by atoms with van der Waals surface area (Å²) in [5, 5.41) is 0. The fourth-order valence-electron chi connectivity index (χ4n) is 2.79. The van der Waals surface area contributed by atoms with Gasteiger partial charge < -0.3 is 10.5 Å². The quantitative estimate of drug-likeness (QED) is 0.890. The summed E-state index contributed by atoms with van der Waals surface area (Å²) in [5.74, 6) is -1.49. The van der Waals surface area contributed by atoms with E-state index in [9.17, 15) is 13.6 Å². The van der Waals surface area contributed by atoms with Crippen molar-refractivity contribution in [2.75, 3.05) is 20.3 Å². The van der Waals surface area contributed by atoms with Gasteiger partial charge >= 0.3 is 0 Å². The molecule has 1 aromatic rings. The second-order valence-corrected chi connectivity index (χ2v) is 5.09. The van der Waals surface area contributed by atoms with Crippen LogP contribution in [0.3, 0.4) is 0 Å². The maximum atomic E-state index is 13.7. The number of carbonyl (C=O) groups is 1. The molecule has 20 heavy (non-hydrogen) atoms. The molecular formula is C14H18F2N2O2. The maximum absolute atomic E-state index is 13.7. The van der Waals surface area contributed by atoms with E-state index in [-0.39, 0.29) is 18.7 Å². The first-order valence-electron chi connectivity index (χ1n) is 6.47. The number of hydrogen-bond acceptors (Lipinski definition) is 3. The number of amides is 1. The maximum Gasteiger partial charge on any atom is 0.240 e. The van der Waals surface area contributed by atoms with E-state index in [2.05, 4.69) is 0 Å². The summed E-state index contributed by atoms with van der Waals surface area (Å²) in [6, 6.07) is 3.30. The summed E-state index contributed by atoms with van der Waals surface area (Å²) in [4.78, 5) is 13.6. The van der Waals surface area contributed by atoms with Crippen LogP contribution in [0, 0.1) is 11.6 Å². The van der Waals surface area contributed by atoms with E-state index in [0.717, 1.165) is 24.6 Å². The second-order valence-electron chi connectivity index (χ2n) is 5.09. The Morgan fingerprint density at radius 1 is 1.50 bits per heavy atom. The highest BCUT2D eigenvalue weighted by Crippen LogP contribution is 2.31. The fourth-order valence-corrected chi connectivity index (χ4v) is 2.79. The Morgan fingerprint density at radius 2 is 2.25 bits per heavy atom. The van der Waals surface area contributed by atoms with Crippen molar-refractivity contribution in [1.29, 1.82) is 0 Å². The van der Waals surface area contributed by atoms with E-state index in [1.165, 1.54) is 7.11 Å². The number of methoxy groups -OCH3 is 1. The molecule has 1 amide bonds. The SMILES string of the molecule is COCC1(C(N)=O)CCCN1Cc1cc(F)ccc1F. The van der Waals surface area contributed by atoms with Crippen molar-refractivity contribution in [2.24, 2.45) is 5.73 Å². The van der Waals surface area contributed by atoms with Crippen molar-refractivity contribution in [3.63, 3.8) is 0 Å². The van der Waals surface area contributed by atoms with Gasteiger partial charge in [-0.1, -0.05) is 0 Å². The molecule has 110 valence electrons. The minimum atomic E-state index is -0.937. The molecular weight excluding hydrogens is 266 g/mol. The first-order chi connectivity index (χ1) is 9.49. The number of nitrogens with two attached hydrogens (primary N) is 1. The number of rotatable bonds is 5. The van der Waals surface area contributed by atoms with Crippen LogP contribution in [0.25, 0.3) is 0 Å². The van der Waals surface area contributed by atoms with Crippen LogP contribution in [0.15, 0.2) is 18.2 Å². The van der Waals surface area contributed by atoms with Gasteiger partial charge in [0.1, 0.15) is 17.2 Å². The molecule has 4 nitrogen and oxygen atoms in total. The number of carbonyl (C=O) groups excluding carboxylic acids is 1. The summed E-state index contributed by atoms with van der Waals surface area (Å²) in [6.07, 6.45) is 1.33. The molecule has 1 unspecified atom stereocenters. The van der Waals surface area contributed by atoms with Gasteiger partial charge in [0, 0.05) is 19.2 Å². The standard InChI is InChI=1S/C14H18F2N2O2/c1-20-9-14(13(17)19)5-2-6-18(14)8-10-7-11(15)3-4-12(10)16/h3-4,7H,2,5-6,8-9H2,1H3,(H2,17,19). The van der Waals surface area contributed by atoms with Crippen molar-refractivity contribution in [2.45, 2.75) is 24.9 Å². The predicted molar refractivity (Wildman–Crippen MR) is 69.8 cm³/mol. The predicted octanol–water partition coefficient (Wildman–Crippen LogP) is 1.43. The molecule has 0 saturated carbocycles. The van der Waals surface area contributed by atoms with Crippen LogP contribution in [-0.4, -0.2) is 36.6 Å². The number of primary amides is 1. The van der Waals surface area contributed by atoms with Crippen LogP contribution < -0.4 is 5.73 Å². The Labute approximate surface area is 116 Å². The van der Waals surface area contributed by atoms with Crippen LogP contribution >= 0.6 is 0 Å². The van der Waals surface area contributed by atoms with Crippen LogP contribution in [0.4, 0.5) is 8.78 Å². The third-order valence-electron chi connectivity index (χ3n) is 3.83. The van der Waals surface area contributed by atoms with Gasteiger partial charge in [0.25, 0.3) is 0 Å². The lowest BCUT2D eigenvalue weighted by Gasteiger charge is -2.35. The largest absolute Gasteiger partial charge is 0.382 e. The summed E-state index contributed by atoms with van der Waals surface area (Å²) in [5.41, 5.74) is 4.78. The zero-order valence-electron chi connectivity index (χ0n) is 11.4. The molecule has 1 fully saturated rings. The molecule has 2 N–H and O–H groups in total. The number of nitrogens with zero attached hydrogens (tertiary/aromatic N) is 1. The van der Waals surface area contributed by atoms with Gasteiger partial charge in [-0.25, -0.2) is 8.78 Å². The highest BCUT2D eigenvalue weighted by Gasteiger charge is 2.46. The normalized spacial score (nSPS) is 23.1. The minimum absolute atomic E-state index is 0.135. The molecule has 6 heteroatoms. The Kier molecular flexibility index (Phi) is 4.35. The molecule has 1 aliphatic rings. The van der Waals surface area contributed by atoms with E-state index in [1.807, 2.05) is 0 Å². The van der Waals surface area contributed by atoms with Gasteiger partial charge in [0.15, 0.2) is 0 Å². The zero-order chi connectivity index (χ0) is 14.8. The fraction of sp³-hybridized carbons (Fsp3) is 0.500. The van der Waals surface area contributed by atoms with Gasteiger partial charge in [-0.05, 0) is 37.6 Å². The molecule has 1 atom stereocenters. The number of ether oxygens (including phenoxy) is 1. The summed E-state index contributed by atoms with van der Waals surface area (Å²) < 4.78 is 32.0. The zero-order valence-corrected chi connectivity index (χ0v) is 11.4. The highest BCUT2D eigenvalue weighted by atomic mass is 19.1. The topological polar surface area (TPSA) is 55.6 Å².